The van der Waals surface area contributed by atoms with Crippen molar-refractivity contribution in [3.8, 4) is 0 Å². The Morgan fingerprint density at radius 2 is 2.29 bits per heavy atom. The molecule has 0 atom stereocenters. The summed E-state index contributed by atoms with van der Waals surface area (Å²) < 4.78 is 7.76. The van der Waals surface area contributed by atoms with Crippen LogP contribution in [0.1, 0.15) is 19.5 Å². The van der Waals surface area contributed by atoms with Gasteiger partial charge in [-0.3, -0.25) is 0 Å². The zero-order valence-corrected chi connectivity index (χ0v) is 9.52. The molecule has 1 aromatic heterocycles. The molecule has 0 aromatic carbocycles. The maximum atomic E-state index is 9.07. The van der Waals surface area contributed by atoms with E-state index in [4.69, 9.17) is 22.1 Å². The van der Waals surface area contributed by atoms with Gasteiger partial charge >= 0.3 is 0 Å². The van der Waals surface area contributed by atoms with Gasteiger partial charge in [-0.2, -0.15) is 0 Å². The lowest BCUT2D eigenvalue weighted by molar-refractivity contribution is 0.00667. The van der Waals surface area contributed by atoms with E-state index >= 15 is 0 Å². The van der Waals surface area contributed by atoms with Crippen molar-refractivity contribution in [1.82, 2.24) is 9.55 Å². The van der Waals surface area contributed by atoms with E-state index in [9.17, 15) is 0 Å². The fourth-order valence-electron chi connectivity index (χ4n) is 1.18. The van der Waals surface area contributed by atoms with Crippen LogP contribution in [-0.4, -0.2) is 27.4 Å². The Morgan fingerprint density at radius 1 is 1.64 bits per heavy atom. The van der Waals surface area contributed by atoms with Gasteiger partial charge in [-0.05, 0) is 26.1 Å². The summed E-state index contributed by atoms with van der Waals surface area (Å²) in [7, 11) is 1.66. The summed E-state index contributed by atoms with van der Waals surface area (Å²) in [6.45, 7) is 4.56. The number of hydrogen-bond acceptors (Lipinski definition) is 3. The highest BCUT2D eigenvalue weighted by molar-refractivity contribution is 7.71. The second-order valence-corrected chi connectivity index (χ2v) is 4.18. The maximum absolute atomic E-state index is 9.07. The van der Waals surface area contributed by atoms with Crippen LogP contribution >= 0.6 is 12.2 Å². The molecule has 0 saturated heterocycles. The van der Waals surface area contributed by atoms with E-state index in [1.54, 1.807) is 13.3 Å². The smallest absolute Gasteiger partial charge is 0.177 e. The number of H-pyrrole nitrogens is 1. The Hall–Kier alpha value is -0.650. The summed E-state index contributed by atoms with van der Waals surface area (Å²) >= 11 is 5.10. The predicted octanol–water partition coefficient (Wildman–Crippen LogP) is 1.46. The summed E-state index contributed by atoms with van der Waals surface area (Å²) in [5.41, 5.74) is 0.491. The molecule has 0 amide bonds. The van der Waals surface area contributed by atoms with Gasteiger partial charge in [0.25, 0.3) is 0 Å². The van der Waals surface area contributed by atoms with E-state index < -0.39 is 0 Å². The summed E-state index contributed by atoms with van der Waals surface area (Å²) in [6.07, 6.45) is 1.72. The van der Waals surface area contributed by atoms with Gasteiger partial charge in [-0.1, -0.05) is 0 Å². The number of aromatic amines is 1. The lowest BCUT2D eigenvalue weighted by Crippen LogP contribution is -2.29. The topological polar surface area (TPSA) is 50.2 Å². The van der Waals surface area contributed by atoms with Crippen LogP contribution in [0.2, 0.25) is 0 Å². The number of methoxy groups -OCH3 is 1. The molecule has 4 nitrogen and oxygen atoms in total. The van der Waals surface area contributed by atoms with Crippen LogP contribution in [0, 0.1) is 4.77 Å². The van der Waals surface area contributed by atoms with Crippen LogP contribution in [0.5, 0.6) is 0 Å². The molecular weight excluding hydrogens is 200 g/mol. The van der Waals surface area contributed by atoms with Crippen LogP contribution in [0.25, 0.3) is 0 Å². The predicted molar refractivity (Wildman–Crippen MR) is 56.6 cm³/mol. The maximum Gasteiger partial charge on any atom is 0.177 e. The van der Waals surface area contributed by atoms with Crippen molar-refractivity contribution in [1.29, 1.82) is 0 Å². The number of aromatic nitrogens is 2. The molecule has 0 aliphatic rings. The van der Waals surface area contributed by atoms with Gasteiger partial charge in [-0.25, -0.2) is 0 Å². The van der Waals surface area contributed by atoms with Crippen molar-refractivity contribution in [2.75, 3.05) is 7.11 Å². The third-order valence-electron chi connectivity index (χ3n) is 2.21. The highest BCUT2D eigenvalue weighted by Crippen LogP contribution is 2.13. The molecule has 0 spiro atoms. The van der Waals surface area contributed by atoms with E-state index in [1.165, 1.54) is 0 Å². The summed E-state index contributed by atoms with van der Waals surface area (Å²) in [5.74, 6) is 0. The van der Waals surface area contributed by atoms with Crippen LogP contribution in [-0.2, 0) is 17.9 Å². The van der Waals surface area contributed by atoms with E-state index in [1.807, 2.05) is 18.4 Å². The number of imidazole rings is 1. The van der Waals surface area contributed by atoms with Crippen LogP contribution in [0.3, 0.4) is 0 Å². The number of rotatable bonds is 4. The molecule has 1 heterocycles. The number of aliphatic hydroxyl groups excluding tert-OH is 1. The van der Waals surface area contributed by atoms with Crippen molar-refractivity contribution in [2.45, 2.75) is 32.6 Å². The minimum atomic E-state index is -0.287. The molecule has 1 rings (SSSR count). The number of ether oxygens (including phenoxy) is 1. The lowest BCUT2D eigenvalue weighted by Gasteiger charge is -2.24. The largest absolute Gasteiger partial charge is 0.390 e. The fourth-order valence-corrected chi connectivity index (χ4v) is 1.42. The van der Waals surface area contributed by atoms with Gasteiger partial charge in [0, 0.05) is 13.3 Å². The summed E-state index contributed by atoms with van der Waals surface area (Å²) in [6, 6.07) is 0. The minimum Gasteiger partial charge on any atom is -0.390 e. The van der Waals surface area contributed by atoms with Gasteiger partial charge in [-0.15, -0.1) is 0 Å². The zero-order chi connectivity index (χ0) is 10.8. The minimum absolute atomic E-state index is 0.0209. The van der Waals surface area contributed by atoms with Crippen molar-refractivity contribution in [3.05, 3.63) is 16.7 Å². The molecule has 2 N–H and O–H groups in total. The van der Waals surface area contributed by atoms with Gasteiger partial charge < -0.3 is 19.4 Å². The van der Waals surface area contributed by atoms with Crippen molar-refractivity contribution < 1.29 is 9.84 Å². The van der Waals surface area contributed by atoms with Crippen LogP contribution in [0.15, 0.2) is 6.20 Å². The molecule has 14 heavy (non-hydrogen) atoms. The highest BCUT2D eigenvalue weighted by Gasteiger charge is 2.18. The monoisotopic (exact) mass is 216 g/mol. The molecule has 0 unspecified atom stereocenters. The molecule has 0 aliphatic carbocycles. The SMILES string of the molecule is COC(C)(C)Cn1c(CO)c[nH]c1=S. The van der Waals surface area contributed by atoms with Gasteiger partial charge in [0.1, 0.15) is 0 Å². The lowest BCUT2D eigenvalue weighted by atomic mass is 10.1. The van der Waals surface area contributed by atoms with E-state index in [0.29, 0.717) is 11.3 Å². The second-order valence-electron chi connectivity index (χ2n) is 3.79. The standard InChI is InChI=1S/C9H16N2O2S/c1-9(2,13-3)6-11-7(5-12)4-10-8(11)14/h4,12H,5-6H2,1-3H3,(H,10,14). The zero-order valence-electron chi connectivity index (χ0n) is 8.70. The molecule has 5 heteroatoms. The van der Waals surface area contributed by atoms with E-state index in [2.05, 4.69) is 4.98 Å². The molecule has 1 aromatic rings. The fraction of sp³-hybridized carbons (Fsp3) is 0.667. The first-order valence-corrected chi connectivity index (χ1v) is 4.84. The number of nitrogens with zero attached hydrogens (tertiary/aromatic N) is 1. The van der Waals surface area contributed by atoms with Gasteiger partial charge in [0.05, 0.1) is 24.4 Å². The summed E-state index contributed by atoms with van der Waals surface area (Å²) in [5, 5.41) is 9.07. The van der Waals surface area contributed by atoms with Crippen LogP contribution < -0.4 is 0 Å². The summed E-state index contributed by atoms with van der Waals surface area (Å²) in [4.78, 5) is 2.90. The first-order chi connectivity index (χ1) is 6.50. The van der Waals surface area contributed by atoms with Gasteiger partial charge in [0.15, 0.2) is 4.77 Å². The van der Waals surface area contributed by atoms with E-state index in [-0.39, 0.29) is 12.2 Å². The number of aliphatic hydroxyl groups is 1. The quantitative estimate of drug-likeness (QED) is 0.749. The molecule has 0 saturated carbocycles. The Morgan fingerprint density at radius 3 is 2.79 bits per heavy atom. The molecule has 0 radical (unpaired) electrons. The first-order valence-electron chi connectivity index (χ1n) is 4.43. The molecule has 0 aliphatic heterocycles. The third kappa shape index (κ3) is 2.43. The van der Waals surface area contributed by atoms with Crippen molar-refractivity contribution >= 4 is 12.2 Å². The first kappa shape index (κ1) is 11.4. The molecule has 0 bridgehead atoms. The molecular formula is C9H16N2O2S. The second kappa shape index (κ2) is 4.25. The number of nitrogens with one attached hydrogen (secondary N) is 1. The van der Waals surface area contributed by atoms with Crippen LogP contribution in [0.4, 0.5) is 0 Å². The molecule has 0 fully saturated rings. The highest BCUT2D eigenvalue weighted by atomic mass is 32.1. The van der Waals surface area contributed by atoms with Gasteiger partial charge in [0.2, 0.25) is 0 Å². The molecule has 80 valence electrons. The average molecular weight is 216 g/mol. The Balaban J connectivity index is 2.95. The van der Waals surface area contributed by atoms with Crippen molar-refractivity contribution in [3.63, 3.8) is 0 Å². The Kier molecular flexibility index (Phi) is 3.47. The normalized spacial score (nSPS) is 12.0. The average Bonchev–Trinajstić information content (AvgIpc) is 2.48. The van der Waals surface area contributed by atoms with E-state index in [0.717, 1.165) is 5.69 Å². The third-order valence-corrected chi connectivity index (χ3v) is 2.55. The Bertz CT molecular complexity index is 354. The number of hydrogen-bond donors (Lipinski definition) is 2. The van der Waals surface area contributed by atoms with Crippen molar-refractivity contribution in [2.24, 2.45) is 0 Å². The Labute approximate surface area is 88.5 Å².